The summed E-state index contributed by atoms with van der Waals surface area (Å²) in [5, 5.41) is 2.94. The van der Waals surface area contributed by atoms with Crippen molar-refractivity contribution in [2.24, 2.45) is 0 Å². The largest absolute Gasteiger partial charge is 0.383 e. The number of carbonyl (C=O) groups excluding carboxylic acids is 1. The van der Waals surface area contributed by atoms with E-state index in [-0.39, 0.29) is 5.91 Å². The highest BCUT2D eigenvalue weighted by molar-refractivity contribution is 5.94. The van der Waals surface area contributed by atoms with Gasteiger partial charge >= 0.3 is 0 Å². The molecular formula is C23H24N4O2. The molecule has 0 spiro atoms. The van der Waals surface area contributed by atoms with Crippen LogP contribution in [0.1, 0.15) is 15.9 Å². The Morgan fingerprint density at radius 1 is 1.07 bits per heavy atom. The lowest BCUT2D eigenvalue weighted by atomic mass is 10.0. The van der Waals surface area contributed by atoms with Gasteiger partial charge in [-0.25, -0.2) is 4.98 Å². The van der Waals surface area contributed by atoms with E-state index in [2.05, 4.69) is 21.3 Å². The lowest BCUT2D eigenvalue weighted by Crippen LogP contribution is -2.36. The number of hydrogen-bond donors (Lipinski definition) is 2. The number of pyridine rings is 1. The van der Waals surface area contributed by atoms with Gasteiger partial charge in [-0.3, -0.25) is 4.79 Å². The molecule has 3 N–H and O–H groups in total. The monoisotopic (exact) mass is 388 g/mol. The van der Waals surface area contributed by atoms with E-state index in [9.17, 15) is 4.79 Å². The first-order valence-corrected chi connectivity index (χ1v) is 9.71. The predicted molar refractivity (Wildman–Crippen MR) is 115 cm³/mol. The molecule has 0 saturated carbocycles. The summed E-state index contributed by atoms with van der Waals surface area (Å²) >= 11 is 0. The van der Waals surface area contributed by atoms with Crippen LogP contribution in [0, 0.1) is 0 Å². The molecule has 6 nitrogen and oxygen atoms in total. The van der Waals surface area contributed by atoms with E-state index in [1.165, 1.54) is 0 Å². The van der Waals surface area contributed by atoms with Crippen LogP contribution >= 0.6 is 0 Å². The summed E-state index contributed by atoms with van der Waals surface area (Å²) < 4.78 is 5.42. The summed E-state index contributed by atoms with van der Waals surface area (Å²) in [6.45, 7) is 3.61. The Morgan fingerprint density at radius 3 is 2.52 bits per heavy atom. The molecule has 1 fully saturated rings. The van der Waals surface area contributed by atoms with Crippen molar-refractivity contribution in [1.82, 2.24) is 10.3 Å². The van der Waals surface area contributed by atoms with Crippen LogP contribution < -0.4 is 16.0 Å². The van der Waals surface area contributed by atoms with Crippen molar-refractivity contribution in [3.63, 3.8) is 0 Å². The first kappa shape index (κ1) is 19.0. The van der Waals surface area contributed by atoms with E-state index in [4.69, 9.17) is 10.5 Å². The van der Waals surface area contributed by atoms with Gasteiger partial charge in [-0.1, -0.05) is 42.5 Å². The SMILES string of the molecule is Nc1ncc(N2CCOCC2)cc1-c1ccc(C(=O)NCc2ccccc2)cc1. The summed E-state index contributed by atoms with van der Waals surface area (Å²) in [7, 11) is 0. The molecule has 3 aromatic rings. The van der Waals surface area contributed by atoms with Crippen LogP contribution in [0.15, 0.2) is 66.9 Å². The number of carbonyl (C=O) groups is 1. The number of morpholine rings is 1. The maximum Gasteiger partial charge on any atom is 0.251 e. The number of benzene rings is 2. The van der Waals surface area contributed by atoms with Gasteiger partial charge in [-0.15, -0.1) is 0 Å². The van der Waals surface area contributed by atoms with Crippen molar-refractivity contribution >= 4 is 17.4 Å². The summed E-state index contributed by atoms with van der Waals surface area (Å²) in [5.74, 6) is 0.372. The van der Waals surface area contributed by atoms with E-state index in [1.807, 2.05) is 54.6 Å². The Bertz CT molecular complexity index is 968. The molecule has 1 aliphatic heterocycles. The van der Waals surface area contributed by atoms with Gasteiger partial charge in [0.2, 0.25) is 0 Å². The third kappa shape index (κ3) is 4.55. The minimum absolute atomic E-state index is 0.103. The molecule has 4 rings (SSSR count). The number of nitrogens with one attached hydrogen (secondary N) is 1. The maximum atomic E-state index is 12.4. The molecule has 0 aliphatic carbocycles. The fourth-order valence-corrected chi connectivity index (χ4v) is 3.37. The van der Waals surface area contributed by atoms with Crippen LogP contribution in [-0.2, 0) is 11.3 Å². The van der Waals surface area contributed by atoms with Crippen molar-refractivity contribution < 1.29 is 9.53 Å². The highest BCUT2D eigenvalue weighted by atomic mass is 16.5. The Labute approximate surface area is 170 Å². The van der Waals surface area contributed by atoms with Crippen molar-refractivity contribution in [2.75, 3.05) is 36.9 Å². The molecule has 0 bridgehead atoms. The standard InChI is InChI=1S/C23H24N4O2/c24-22-21(14-20(16-25-22)27-10-12-29-13-11-27)18-6-8-19(9-7-18)23(28)26-15-17-4-2-1-3-5-17/h1-9,14,16H,10-13,15H2,(H2,24,25)(H,26,28). The summed E-state index contributed by atoms with van der Waals surface area (Å²) in [6, 6.07) is 19.4. The number of ether oxygens (including phenoxy) is 1. The number of nitrogens with zero attached hydrogens (tertiary/aromatic N) is 2. The van der Waals surface area contributed by atoms with Crippen LogP contribution in [0.25, 0.3) is 11.1 Å². The van der Waals surface area contributed by atoms with Crippen LogP contribution in [0.4, 0.5) is 11.5 Å². The molecule has 6 heteroatoms. The topological polar surface area (TPSA) is 80.5 Å². The van der Waals surface area contributed by atoms with Gasteiger partial charge < -0.3 is 20.7 Å². The van der Waals surface area contributed by atoms with Gasteiger partial charge in [0, 0.05) is 30.8 Å². The van der Waals surface area contributed by atoms with Gasteiger partial charge in [0.1, 0.15) is 5.82 Å². The summed E-state index contributed by atoms with van der Waals surface area (Å²) in [5.41, 5.74) is 10.6. The number of nitrogen functional groups attached to an aromatic ring is 1. The fourth-order valence-electron chi connectivity index (χ4n) is 3.37. The Hall–Kier alpha value is -3.38. The normalized spacial score (nSPS) is 13.9. The maximum absolute atomic E-state index is 12.4. The first-order chi connectivity index (χ1) is 14.2. The molecule has 1 aliphatic rings. The average Bonchev–Trinajstić information content (AvgIpc) is 2.79. The zero-order valence-corrected chi connectivity index (χ0v) is 16.2. The molecule has 29 heavy (non-hydrogen) atoms. The lowest BCUT2D eigenvalue weighted by Gasteiger charge is -2.29. The van der Waals surface area contributed by atoms with Crippen molar-refractivity contribution in [2.45, 2.75) is 6.54 Å². The number of aromatic nitrogens is 1. The molecule has 0 radical (unpaired) electrons. The second-order valence-corrected chi connectivity index (χ2v) is 6.97. The van der Waals surface area contributed by atoms with Crippen molar-refractivity contribution in [3.8, 4) is 11.1 Å². The second kappa shape index (κ2) is 8.75. The van der Waals surface area contributed by atoms with E-state index >= 15 is 0 Å². The minimum atomic E-state index is -0.103. The molecule has 0 atom stereocenters. The third-order valence-electron chi connectivity index (χ3n) is 5.03. The zero-order chi connectivity index (χ0) is 20.1. The van der Waals surface area contributed by atoms with Gasteiger partial charge in [0.05, 0.1) is 25.1 Å². The van der Waals surface area contributed by atoms with E-state index in [0.29, 0.717) is 31.1 Å². The second-order valence-electron chi connectivity index (χ2n) is 6.97. The van der Waals surface area contributed by atoms with Crippen LogP contribution in [0.2, 0.25) is 0 Å². The average molecular weight is 388 g/mol. The van der Waals surface area contributed by atoms with Gasteiger partial charge in [0.15, 0.2) is 0 Å². The van der Waals surface area contributed by atoms with E-state index in [0.717, 1.165) is 35.5 Å². The quantitative estimate of drug-likeness (QED) is 0.702. The van der Waals surface area contributed by atoms with E-state index in [1.54, 1.807) is 6.20 Å². The predicted octanol–water partition coefficient (Wildman–Crippen LogP) is 3.10. The molecular weight excluding hydrogens is 364 g/mol. The molecule has 1 aromatic heterocycles. The van der Waals surface area contributed by atoms with Crippen molar-refractivity contribution in [1.29, 1.82) is 0 Å². The number of anilines is 2. The number of amides is 1. The van der Waals surface area contributed by atoms with Crippen LogP contribution in [0.3, 0.4) is 0 Å². The molecule has 148 valence electrons. The Balaban J connectivity index is 1.48. The molecule has 1 saturated heterocycles. The molecule has 1 amide bonds. The molecule has 2 aromatic carbocycles. The van der Waals surface area contributed by atoms with Crippen molar-refractivity contribution in [3.05, 3.63) is 78.0 Å². The van der Waals surface area contributed by atoms with Gasteiger partial charge in [0.25, 0.3) is 5.91 Å². The first-order valence-electron chi connectivity index (χ1n) is 9.71. The Morgan fingerprint density at radius 2 is 1.79 bits per heavy atom. The molecule has 0 unspecified atom stereocenters. The number of hydrogen-bond acceptors (Lipinski definition) is 5. The number of nitrogens with two attached hydrogens (primary N) is 1. The summed E-state index contributed by atoms with van der Waals surface area (Å²) in [6.07, 6.45) is 1.80. The molecule has 2 heterocycles. The van der Waals surface area contributed by atoms with Crippen LogP contribution in [-0.4, -0.2) is 37.2 Å². The number of rotatable bonds is 5. The van der Waals surface area contributed by atoms with Gasteiger partial charge in [-0.2, -0.15) is 0 Å². The minimum Gasteiger partial charge on any atom is -0.383 e. The fraction of sp³-hybridized carbons (Fsp3) is 0.217. The highest BCUT2D eigenvalue weighted by Crippen LogP contribution is 2.29. The van der Waals surface area contributed by atoms with Gasteiger partial charge in [-0.05, 0) is 29.3 Å². The third-order valence-corrected chi connectivity index (χ3v) is 5.03. The van der Waals surface area contributed by atoms with Crippen LogP contribution in [0.5, 0.6) is 0 Å². The zero-order valence-electron chi connectivity index (χ0n) is 16.2. The van der Waals surface area contributed by atoms with E-state index < -0.39 is 0 Å². The highest BCUT2D eigenvalue weighted by Gasteiger charge is 2.14. The Kier molecular flexibility index (Phi) is 5.72. The lowest BCUT2D eigenvalue weighted by molar-refractivity contribution is 0.0951. The smallest absolute Gasteiger partial charge is 0.251 e. The summed E-state index contributed by atoms with van der Waals surface area (Å²) in [4.78, 5) is 19.0.